The van der Waals surface area contributed by atoms with Gasteiger partial charge in [-0.25, -0.2) is 13.6 Å². The van der Waals surface area contributed by atoms with E-state index in [1.807, 2.05) is 38.1 Å². The third-order valence-corrected chi connectivity index (χ3v) is 3.10. The molecule has 2 N–H and O–H groups in total. The number of rotatable bonds is 3. The summed E-state index contributed by atoms with van der Waals surface area (Å²) in [6.45, 7) is 3.80. The maximum absolute atomic E-state index is 13.4. The number of urea groups is 1. The lowest BCUT2D eigenvalue weighted by atomic mass is 10.1. The molecule has 0 spiro atoms. The number of hydrogen-bond donors (Lipinski definition) is 2. The van der Waals surface area contributed by atoms with Crippen LogP contribution in [0.2, 0.25) is 0 Å². The predicted octanol–water partition coefficient (Wildman–Crippen LogP) is 4.16. The molecule has 0 saturated heterocycles. The zero-order valence-electron chi connectivity index (χ0n) is 11.8. The number of halogens is 2. The molecule has 0 bridgehead atoms. The van der Waals surface area contributed by atoms with Crippen molar-refractivity contribution in [3.63, 3.8) is 0 Å². The molecular formula is C16H16F2N2O. The second-order valence-corrected chi connectivity index (χ2v) is 4.86. The van der Waals surface area contributed by atoms with E-state index in [-0.39, 0.29) is 11.7 Å². The molecule has 3 nitrogen and oxygen atoms in total. The number of nitrogens with one attached hydrogen (secondary N) is 2. The molecule has 0 aliphatic carbocycles. The van der Waals surface area contributed by atoms with E-state index in [1.165, 1.54) is 6.07 Å². The van der Waals surface area contributed by atoms with Crippen LogP contribution in [0.15, 0.2) is 42.5 Å². The largest absolute Gasteiger partial charge is 0.331 e. The normalized spacial score (nSPS) is 11.8. The molecule has 0 unspecified atom stereocenters. The van der Waals surface area contributed by atoms with Crippen molar-refractivity contribution in [1.82, 2.24) is 5.32 Å². The fourth-order valence-electron chi connectivity index (χ4n) is 1.88. The molecule has 5 heteroatoms. The first-order valence-electron chi connectivity index (χ1n) is 6.55. The van der Waals surface area contributed by atoms with Gasteiger partial charge in [-0.1, -0.05) is 29.8 Å². The minimum absolute atomic E-state index is 0.0648. The quantitative estimate of drug-likeness (QED) is 0.875. The fraction of sp³-hybridized carbons (Fsp3) is 0.188. The number of anilines is 1. The van der Waals surface area contributed by atoms with Crippen molar-refractivity contribution in [2.24, 2.45) is 0 Å². The van der Waals surface area contributed by atoms with Crippen molar-refractivity contribution in [3.05, 3.63) is 65.2 Å². The SMILES string of the molecule is Cc1ccc([C@@H](C)NC(=O)Nc2ccc(F)cc2F)cc1. The molecule has 0 fully saturated rings. The third-order valence-electron chi connectivity index (χ3n) is 3.10. The molecule has 0 aromatic heterocycles. The first kappa shape index (κ1) is 15.0. The molecule has 21 heavy (non-hydrogen) atoms. The molecule has 2 rings (SSSR count). The molecule has 0 radical (unpaired) electrons. The summed E-state index contributed by atoms with van der Waals surface area (Å²) in [5.74, 6) is -1.50. The zero-order valence-corrected chi connectivity index (χ0v) is 11.8. The molecule has 110 valence electrons. The molecular weight excluding hydrogens is 274 g/mol. The Hall–Kier alpha value is -2.43. The molecule has 0 saturated carbocycles. The number of amides is 2. The lowest BCUT2D eigenvalue weighted by Crippen LogP contribution is -2.31. The van der Waals surface area contributed by atoms with E-state index in [9.17, 15) is 13.6 Å². The first-order chi connectivity index (χ1) is 9.95. The number of benzene rings is 2. The Bertz CT molecular complexity index is 641. The summed E-state index contributed by atoms with van der Waals surface area (Å²) in [5, 5.41) is 5.05. The van der Waals surface area contributed by atoms with E-state index in [4.69, 9.17) is 0 Å². The number of hydrogen-bond acceptors (Lipinski definition) is 1. The molecule has 2 amide bonds. The van der Waals surface area contributed by atoms with Crippen LogP contribution in [-0.4, -0.2) is 6.03 Å². The minimum Gasteiger partial charge on any atom is -0.331 e. The van der Waals surface area contributed by atoms with E-state index in [2.05, 4.69) is 10.6 Å². The van der Waals surface area contributed by atoms with E-state index in [1.54, 1.807) is 0 Å². The monoisotopic (exact) mass is 290 g/mol. The maximum atomic E-state index is 13.4. The highest BCUT2D eigenvalue weighted by atomic mass is 19.1. The summed E-state index contributed by atoms with van der Waals surface area (Å²) in [6.07, 6.45) is 0. The number of carbonyl (C=O) groups is 1. The van der Waals surface area contributed by atoms with Gasteiger partial charge in [0.15, 0.2) is 0 Å². The van der Waals surface area contributed by atoms with Crippen LogP contribution < -0.4 is 10.6 Å². The second-order valence-electron chi connectivity index (χ2n) is 4.86. The van der Waals surface area contributed by atoms with Gasteiger partial charge in [0.05, 0.1) is 11.7 Å². The highest BCUT2D eigenvalue weighted by Gasteiger charge is 2.11. The summed E-state index contributed by atoms with van der Waals surface area (Å²) in [4.78, 5) is 11.8. The van der Waals surface area contributed by atoms with Gasteiger partial charge in [0, 0.05) is 6.07 Å². The molecule has 2 aromatic rings. The van der Waals surface area contributed by atoms with Gasteiger partial charge in [0.25, 0.3) is 0 Å². The van der Waals surface area contributed by atoms with Gasteiger partial charge < -0.3 is 10.6 Å². The smallest absolute Gasteiger partial charge is 0.319 e. The molecule has 0 aliphatic heterocycles. The van der Waals surface area contributed by atoms with Crippen LogP contribution in [0, 0.1) is 18.6 Å². The van der Waals surface area contributed by atoms with Crippen molar-refractivity contribution in [2.45, 2.75) is 19.9 Å². The van der Waals surface area contributed by atoms with Gasteiger partial charge >= 0.3 is 6.03 Å². The van der Waals surface area contributed by atoms with Gasteiger partial charge in [0.2, 0.25) is 0 Å². The first-order valence-corrected chi connectivity index (χ1v) is 6.55. The van der Waals surface area contributed by atoms with E-state index in [0.717, 1.165) is 23.3 Å². The van der Waals surface area contributed by atoms with Crippen molar-refractivity contribution in [3.8, 4) is 0 Å². The number of aryl methyl sites for hydroxylation is 1. The third kappa shape index (κ3) is 4.02. The Balaban J connectivity index is 1.99. The van der Waals surface area contributed by atoms with E-state index < -0.39 is 17.7 Å². The Kier molecular flexibility index (Phi) is 4.52. The average Bonchev–Trinajstić information content (AvgIpc) is 2.42. The van der Waals surface area contributed by atoms with Crippen LogP contribution in [0.4, 0.5) is 19.3 Å². The summed E-state index contributed by atoms with van der Waals surface area (Å²) >= 11 is 0. The lowest BCUT2D eigenvalue weighted by molar-refractivity contribution is 0.249. The Labute approximate surface area is 122 Å². The van der Waals surface area contributed by atoms with Crippen molar-refractivity contribution < 1.29 is 13.6 Å². The Morgan fingerprint density at radius 2 is 1.76 bits per heavy atom. The van der Waals surface area contributed by atoms with Gasteiger partial charge in [-0.05, 0) is 31.5 Å². The van der Waals surface area contributed by atoms with Gasteiger partial charge in [-0.15, -0.1) is 0 Å². The van der Waals surface area contributed by atoms with Gasteiger partial charge in [-0.2, -0.15) is 0 Å². The van der Waals surface area contributed by atoms with Gasteiger partial charge in [-0.3, -0.25) is 0 Å². The van der Waals surface area contributed by atoms with Crippen LogP contribution in [0.1, 0.15) is 24.1 Å². The topological polar surface area (TPSA) is 41.1 Å². The Morgan fingerprint density at radius 3 is 2.38 bits per heavy atom. The zero-order chi connectivity index (χ0) is 15.4. The summed E-state index contributed by atoms with van der Waals surface area (Å²) in [6, 6.07) is 9.94. The standard InChI is InChI=1S/C16H16F2N2O/c1-10-3-5-12(6-4-10)11(2)19-16(21)20-15-8-7-13(17)9-14(15)18/h3-9,11H,1-2H3,(H2,19,20,21)/t11-/m1/s1. The molecule has 0 aliphatic rings. The average molecular weight is 290 g/mol. The van der Waals surface area contributed by atoms with Crippen LogP contribution in [0.3, 0.4) is 0 Å². The highest BCUT2D eigenvalue weighted by Crippen LogP contribution is 2.16. The van der Waals surface area contributed by atoms with E-state index in [0.29, 0.717) is 0 Å². The summed E-state index contributed by atoms with van der Waals surface area (Å²) in [5.41, 5.74) is 2.00. The highest BCUT2D eigenvalue weighted by molar-refractivity contribution is 5.89. The van der Waals surface area contributed by atoms with Crippen LogP contribution in [-0.2, 0) is 0 Å². The van der Waals surface area contributed by atoms with Crippen LogP contribution >= 0.6 is 0 Å². The molecule has 0 heterocycles. The molecule has 1 atom stereocenters. The van der Waals surface area contributed by atoms with Crippen LogP contribution in [0.25, 0.3) is 0 Å². The second kappa shape index (κ2) is 6.35. The van der Waals surface area contributed by atoms with Gasteiger partial charge in [0.1, 0.15) is 11.6 Å². The van der Waals surface area contributed by atoms with Crippen molar-refractivity contribution >= 4 is 11.7 Å². The minimum atomic E-state index is -0.812. The van der Waals surface area contributed by atoms with Crippen molar-refractivity contribution in [1.29, 1.82) is 0 Å². The summed E-state index contributed by atoms with van der Waals surface area (Å²) in [7, 11) is 0. The van der Waals surface area contributed by atoms with Crippen molar-refractivity contribution in [2.75, 3.05) is 5.32 Å². The lowest BCUT2D eigenvalue weighted by Gasteiger charge is -2.15. The summed E-state index contributed by atoms with van der Waals surface area (Å²) < 4.78 is 26.2. The predicted molar refractivity (Wildman–Crippen MR) is 78.1 cm³/mol. The molecule has 2 aromatic carbocycles. The van der Waals surface area contributed by atoms with Crippen LogP contribution in [0.5, 0.6) is 0 Å². The van der Waals surface area contributed by atoms with E-state index >= 15 is 0 Å². The Morgan fingerprint density at radius 1 is 1.10 bits per heavy atom. The number of carbonyl (C=O) groups excluding carboxylic acids is 1. The maximum Gasteiger partial charge on any atom is 0.319 e. The fourth-order valence-corrected chi connectivity index (χ4v) is 1.88.